The van der Waals surface area contributed by atoms with Crippen molar-refractivity contribution in [1.29, 1.82) is 0 Å². The summed E-state index contributed by atoms with van der Waals surface area (Å²) < 4.78 is 0. The Bertz CT molecular complexity index is 249. The summed E-state index contributed by atoms with van der Waals surface area (Å²) in [5, 5.41) is 3.00. The average molecular weight is 238 g/mol. The Labute approximate surface area is 105 Å². The largest absolute Gasteiger partial charge is 0.355 e. The Kier molecular flexibility index (Phi) is 4.84. The van der Waals surface area contributed by atoms with E-state index in [0.29, 0.717) is 6.04 Å². The highest BCUT2D eigenvalue weighted by Crippen LogP contribution is 2.28. The smallest absolute Gasteiger partial charge is 0.216 e. The van der Waals surface area contributed by atoms with Crippen LogP contribution < -0.4 is 5.32 Å². The van der Waals surface area contributed by atoms with Crippen LogP contribution in [0.2, 0.25) is 0 Å². The van der Waals surface area contributed by atoms with Crippen LogP contribution in [-0.4, -0.2) is 36.0 Å². The molecule has 0 aromatic heterocycles. The van der Waals surface area contributed by atoms with Crippen molar-refractivity contribution in [3.63, 3.8) is 0 Å². The summed E-state index contributed by atoms with van der Waals surface area (Å²) in [5.74, 6) is 0.110. The monoisotopic (exact) mass is 238 g/mol. The predicted molar refractivity (Wildman–Crippen MR) is 69.9 cm³/mol. The van der Waals surface area contributed by atoms with Gasteiger partial charge in [-0.3, -0.25) is 9.69 Å². The molecule has 2 aliphatic rings. The summed E-state index contributed by atoms with van der Waals surface area (Å²) >= 11 is 0. The van der Waals surface area contributed by atoms with Crippen molar-refractivity contribution >= 4 is 5.91 Å². The summed E-state index contributed by atoms with van der Waals surface area (Å²) in [7, 11) is 0. The van der Waals surface area contributed by atoms with E-state index in [0.717, 1.165) is 12.6 Å². The van der Waals surface area contributed by atoms with Gasteiger partial charge in [-0.15, -0.1) is 0 Å². The molecule has 1 aliphatic heterocycles. The second-order valence-electron chi connectivity index (χ2n) is 5.62. The standard InChI is InChI=1S/C14H26N2O/c1-12(17)15-11-14-9-5-6-10-16(14)13-7-3-2-4-8-13/h13-14H,2-11H2,1H3,(H,15,17). The van der Waals surface area contributed by atoms with E-state index < -0.39 is 0 Å². The second kappa shape index (κ2) is 6.39. The number of piperidine rings is 1. The maximum atomic E-state index is 11.0. The Morgan fingerprint density at radius 2 is 1.82 bits per heavy atom. The molecule has 1 saturated carbocycles. The van der Waals surface area contributed by atoms with Crippen LogP contribution in [0.5, 0.6) is 0 Å². The van der Waals surface area contributed by atoms with Crippen molar-refractivity contribution < 1.29 is 4.79 Å². The van der Waals surface area contributed by atoms with Crippen LogP contribution in [0.25, 0.3) is 0 Å². The summed E-state index contributed by atoms with van der Waals surface area (Å²) in [6, 6.07) is 1.39. The lowest BCUT2D eigenvalue weighted by atomic mass is 9.90. The third kappa shape index (κ3) is 3.70. The minimum Gasteiger partial charge on any atom is -0.355 e. The van der Waals surface area contributed by atoms with Crippen molar-refractivity contribution in [1.82, 2.24) is 10.2 Å². The summed E-state index contributed by atoms with van der Waals surface area (Å²) in [6.45, 7) is 3.72. The molecule has 0 bridgehead atoms. The van der Waals surface area contributed by atoms with Gasteiger partial charge < -0.3 is 5.32 Å². The molecule has 0 radical (unpaired) electrons. The van der Waals surface area contributed by atoms with Crippen molar-refractivity contribution in [2.45, 2.75) is 70.4 Å². The lowest BCUT2D eigenvalue weighted by Crippen LogP contribution is -2.51. The molecule has 0 aromatic carbocycles. The second-order valence-corrected chi connectivity index (χ2v) is 5.62. The number of nitrogens with zero attached hydrogens (tertiary/aromatic N) is 1. The normalized spacial score (nSPS) is 27.9. The molecule has 1 N–H and O–H groups in total. The van der Waals surface area contributed by atoms with Crippen LogP contribution >= 0.6 is 0 Å². The molecule has 0 aromatic rings. The van der Waals surface area contributed by atoms with E-state index in [1.54, 1.807) is 6.92 Å². The summed E-state index contributed by atoms with van der Waals surface area (Å²) in [6.07, 6.45) is 10.9. The molecule has 1 aliphatic carbocycles. The molecule has 1 heterocycles. The average Bonchev–Trinajstić information content (AvgIpc) is 2.38. The lowest BCUT2D eigenvalue weighted by Gasteiger charge is -2.42. The van der Waals surface area contributed by atoms with Crippen LogP contribution in [0.1, 0.15) is 58.3 Å². The number of likely N-dealkylation sites (tertiary alicyclic amines) is 1. The number of hydrogen-bond donors (Lipinski definition) is 1. The third-order valence-corrected chi connectivity index (χ3v) is 4.30. The van der Waals surface area contributed by atoms with Gasteiger partial charge in [0, 0.05) is 25.6 Å². The van der Waals surface area contributed by atoms with E-state index >= 15 is 0 Å². The highest BCUT2D eigenvalue weighted by Gasteiger charge is 2.29. The van der Waals surface area contributed by atoms with E-state index in [4.69, 9.17) is 0 Å². The number of amides is 1. The quantitative estimate of drug-likeness (QED) is 0.818. The topological polar surface area (TPSA) is 32.3 Å². The van der Waals surface area contributed by atoms with Crippen molar-refractivity contribution in [3.8, 4) is 0 Å². The van der Waals surface area contributed by atoms with Crippen molar-refractivity contribution in [2.75, 3.05) is 13.1 Å². The van der Waals surface area contributed by atoms with Crippen LogP contribution in [0.3, 0.4) is 0 Å². The fourth-order valence-corrected chi connectivity index (χ4v) is 3.40. The van der Waals surface area contributed by atoms with Gasteiger partial charge in [0.15, 0.2) is 0 Å². The van der Waals surface area contributed by atoms with Gasteiger partial charge >= 0.3 is 0 Å². The van der Waals surface area contributed by atoms with E-state index in [2.05, 4.69) is 10.2 Å². The van der Waals surface area contributed by atoms with Crippen molar-refractivity contribution in [2.24, 2.45) is 0 Å². The maximum Gasteiger partial charge on any atom is 0.216 e. The van der Waals surface area contributed by atoms with E-state index in [1.807, 2.05) is 0 Å². The van der Waals surface area contributed by atoms with Gasteiger partial charge in [-0.1, -0.05) is 25.7 Å². The van der Waals surface area contributed by atoms with Crippen LogP contribution in [0.4, 0.5) is 0 Å². The van der Waals surface area contributed by atoms with Gasteiger partial charge in [-0.25, -0.2) is 0 Å². The number of carbonyl (C=O) groups excluding carboxylic acids is 1. The van der Waals surface area contributed by atoms with Gasteiger partial charge in [0.1, 0.15) is 0 Å². The molecule has 3 nitrogen and oxygen atoms in total. The number of nitrogens with one attached hydrogen (secondary N) is 1. The van der Waals surface area contributed by atoms with Crippen LogP contribution in [0.15, 0.2) is 0 Å². The molecule has 1 saturated heterocycles. The molecule has 1 unspecified atom stereocenters. The summed E-state index contributed by atoms with van der Waals surface area (Å²) in [4.78, 5) is 13.7. The zero-order valence-electron chi connectivity index (χ0n) is 11.1. The highest BCUT2D eigenvalue weighted by molar-refractivity contribution is 5.72. The first-order valence-corrected chi connectivity index (χ1v) is 7.27. The van der Waals surface area contributed by atoms with Gasteiger partial charge in [-0.05, 0) is 32.2 Å². The van der Waals surface area contributed by atoms with E-state index in [9.17, 15) is 4.79 Å². The van der Waals surface area contributed by atoms with Crippen LogP contribution in [-0.2, 0) is 4.79 Å². The molecule has 0 spiro atoms. The Morgan fingerprint density at radius 1 is 1.12 bits per heavy atom. The molecular formula is C14H26N2O. The fourth-order valence-electron chi connectivity index (χ4n) is 3.40. The van der Waals surface area contributed by atoms with E-state index in [1.165, 1.54) is 57.9 Å². The lowest BCUT2D eigenvalue weighted by molar-refractivity contribution is -0.119. The van der Waals surface area contributed by atoms with Gasteiger partial charge in [0.2, 0.25) is 5.91 Å². The number of hydrogen-bond acceptors (Lipinski definition) is 2. The third-order valence-electron chi connectivity index (χ3n) is 4.30. The first-order valence-electron chi connectivity index (χ1n) is 7.27. The van der Waals surface area contributed by atoms with Crippen molar-refractivity contribution in [3.05, 3.63) is 0 Å². The fraction of sp³-hybridized carbons (Fsp3) is 0.929. The van der Waals surface area contributed by atoms with Gasteiger partial charge in [0.25, 0.3) is 0 Å². The van der Waals surface area contributed by atoms with Gasteiger partial charge in [-0.2, -0.15) is 0 Å². The molecule has 2 rings (SSSR count). The molecule has 3 heteroatoms. The first-order chi connectivity index (χ1) is 8.27. The molecule has 2 fully saturated rings. The molecular weight excluding hydrogens is 212 g/mol. The zero-order valence-corrected chi connectivity index (χ0v) is 11.1. The SMILES string of the molecule is CC(=O)NCC1CCCCN1C1CCCCC1. The number of rotatable bonds is 3. The maximum absolute atomic E-state index is 11.0. The van der Waals surface area contributed by atoms with Crippen LogP contribution in [0, 0.1) is 0 Å². The Hall–Kier alpha value is -0.570. The van der Waals surface area contributed by atoms with E-state index in [-0.39, 0.29) is 5.91 Å². The zero-order chi connectivity index (χ0) is 12.1. The molecule has 1 amide bonds. The Morgan fingerprint density at radius 3 is 2.53 bits per heavy atom. The molecule has 17 heavy (non-hydrogen) atoms. The minimum atomic E-state index is 0.110. The predicted octanol–water partition coefficient (Wildman–Crippen LogP) is 2.31. The van der Waals surface area contributed by atoms with Gasteiger partial charge in [0.05, 0.1) is 0 Å². The minimum absolute atomic E-state index is 0.110. The number of carbonyl (C=O) groups is 1. The Balaban J connectivity index is 1.88. The molecule has 98 valence electrons. The first kappa shape index (κ1) is 12.9. The molecule has 1 atom stereocenters. The summed E-state index contributed by atoms with van der Waals surface area (Å²) in [5.41, 5.74) is 0. The highest BCUT2D eigenvalue weighted by atomic mass is 16.1.